The number of rotatable bonds is 3. The van der Waals surface area contributed by atoms with E-state index in [0.29, 0.717) is 23.3 Å². The Morgan fingerprint density at radius 3 is 2.67 bits per heavy atom. The minimum atomic E-state index is 0.324. The number of benzene rings is 1. The monoisotopic (exact) mass is 286 g/mol. The smallest absolute Gasteiger partial charge is 0.198 e. The summed E-state index contributed by atoms with van der Waals surface area (Å²) in [5, 5.41) is 3.70. The molecule has 3 rings (SSSR count). The molecule has 0 bridgehead atoms. The predicted molar refractivity (Wildman–Crippen MR) is 87.7 cm³/mol. The highest BCUT2D eigenvalue weighted by Crippen LogP contribution is 2.42. The van der Waals surface area contributed by atoms with E-state index < -0.39 is 0 Å². The summed E-state index contributed by atoms with van der Waals surface area (Å²) in [5.41, 5.74) is 3.43. The Labute approximate surface area is 127 Å². The van der Waals surface area contributed by atoms with Gasteiger partial charge in [0.25, 0.3) is 0 Å². The number of aromatic nitrogens is 1. The van der Waals surface area contributed by atoms with Crippen LogP contribution < -0.4 is 5.32 Å². The molecule has 3 heteroatoms. The van der Waals surface area contributed by atoms with Crippen LogP contribution in [-0.2, 0) is 0 Å². The molecule has 1 fully saturated rings. The number of oxazole rings is 1. The zero-order chi connectivity index (χ0) is 15.2. The topological polar surface area (TPSA) is 38.1 Å². The lowest BCUT2D eigenvalue weighted by Gasteiger charge is -2.19. The van der Waals surface area contributed by atoms with Crippen molar-refractivity contribution in [1.29, 1.82) is 0 Å². The second-order valence-electron chi connectivity index (χ2n) is 7.69. The van der Waals surface area contributed by atoms with E-state index in [0.717, 1.165) is 22.7 Å². The summed E-state index contributed by atoms with van der Waals surface area (Å²) in [6.07, 6.45) is 2.51. The van der Waals surface area contributed by atoms with Crippen molar-refractivity contribution in [3.8, 4) is 0 Å². The fourth-order valence-corrected chi connectivity index (χ4v) is 3.58. The molecule has 2 aromatic rings. The van der Waals surface area contributed by atoms with Crippen molar-refractivity contribution in [2.45, 2.75) is 59.4 Å². The molecule has 21 heavy (non-hydrogen) atoms. The molecule has 1 heterocycles. The van der Waals surface area contributed by atoms with Gasteiger partial charge in [-0.2, -0.15) is 0 Å². The number of fused-ring (bicyclic) bond motifs is 1. The van der Waals surface area contributed by atoms with Crippen LogP contribution in [0.5, 0.6) is 0 Å². The van der Waals surface area contributed by atoms with Crippen LogP contribution in [-0.4, -0.2) is 11.0 Å². The lowest BCUT2D eigenvalue weighted by Crippen LogP contribution is -2.22. The maximum absolute atomic E-state index is 5.77. The third-order valence-electron chi connectivity index (χ3n) is 4.58. The summed E-state index contributed by atoms with van der Waals surface area (Å²) in [6.45, 7) is 11.3. The quantitative estimate of drug-likeness (QED) is 0.844. The van der Waals surface area contributed by atoms with Gasteiger partial charge in [-0.3, -0.25) is 0 Å². The van der Waals surface area contributed by atoms with E-state index in [1.54, 1.807) is 0 Å². The van der Waals surface area contributed by atoms with Crippen LogP contribution in [0.3, 0.4) is 0 Å². The maximum Gasteiger partial charge on any atom is 0.198 e. The van der Waals surface area contributed by atoms with Crippen molar-refractivity contribution in [2.75, 3.05) is 5.32 Å². The number of nitrogens with one attached hydrogen (secondary N) is 1. The molecule has 114 valence electrons. The van der Waals surface area contributed by atoms with Gasteiger partial charge in [-0.1, -0.05) is 34.6 Å². The molecule has 0 amide bonds. The van der Waals surface area contributed by atoms with Gasteiger partial charge in [-0.25, -0.2) is 4.98 Å². The molecule has 1 aliphatic carbocycles. The van der Waals surface area contributed by atoms with Gasteiger partial charge < -0.3 is 9.73 Å². The Kier molecular flexibility index (Phi) is 3.46. The summed E-state index contributed by atoms with van der Waals surface area (Å²) in [7, 11) is 0. The van der Waals surface area contributed by atoms with E-state index in [9.17, 15) is 0 Å². The van der Waals surface area contributed by atoms with E-state index in [-0.39, 0.29) is 0 Å². The Morgan fingerprint density at radius 1 is 1.29 bits per heavy atom. The van der Waals surface area contributed by atoms with Gasteiger partial charge in [-0.05, 0) is 42.4 Å². The highest BCUT2D eigenvalue weighted by Gasteiger charge is 2.36. The number of hydrogen-bond donors (Lipinski definition) is 1. The third-order valence-corrected chi connectivity index (χ3v) is 4.58. The normalized spacial score (nSPS) is 24.9. The van der Waals surface area contributed by atoms with Gasteiger partial charge in [0.2, 0.25) is 0 Å². The van der Waals surface area contributed by atoms with E-state index in [1.807, 2.05) is 6.07 Å². The van der Waals surface area contributed by atoms with E-state index in [1.165, 1.54) is 12.8 Å². The maximum atomic E-state index is 5.77. The Bertz CT molecular complexity index is 642. The minimum absolute atomic E-state index is 0.324. The van der Waals surface area contributed by atoms with Gasteiger partial charge >= 0.3 is 0 Å². The molecule has 1 aromatic carbocycles. The summed E-state index contributed by atoms with van der Waals surface area (Å²) < 4.78 is 5.77. The number of nitrogens with zero attached hydrogens (tertiary/aromatic N) is 1. The van der Waals surface area contributed by atoms with Gasteiger partial charge in [0.05, 0.1) is 0 Å². The molecule has 0 aliphatic heterocycles. The van der Waals surface area contributed by atoms with Crippen LogP contribution >= 0.6 is 0 Å². The Balaban J connectivity index is 1.81. The number of anilines is 1. The molecule has 2 unspecified atom stereocenters. The van der Waals surface area contributed by atoms with Crippen LogP contribution in [0, 0.1) is 11.3 Å². The molecular weight excluding hydrogens is 260 g/mol. The van der Waals surface area contributed by atoms with Crippen molar-refractivity contribution in [2.24, 2.45) is 11.3 Å². The van der Waals surface area contributed by atoms with Crippen molar-refractivity contribution in [3.63, 3.8) is 0 Å². The van der Waals surface area contributed by atoms with Gasteiger partial charge in [0, 0.05) is 17.6 Å². The summed E-state index contributed by atoms with van der Waals surface area (Å²) in [4.78, 5) is 4.59. The van der Waals surface area contributed by atoms with E-state index in [2.05, 4.69) is 57.1 Å². The lowest BCUT2D eigenvalue weighted by atomic mass is 9.91. The van der Waals surface area contributed by atoms with Gasteiger partial charge in [-0.15, -0.1) is 0 Å². The lowest BCUT2D eigenvalue weighted by molar-refractivity contribution is 0.366. The predicted octanol–water partition coefficient (Wildman–Crippen LogP) is 5.19. The first kappa shape index (κ1) is 14.4. The van der Waals surface area contributed by atoms with Crippen LogP contribution in [0.25, 0.3) is 11.1 Å². The second kappa shape index (κ2) is 5.04. The average molecular weight is 286 g/mol. The molecule has 1 aromatic heterocycles. The minimum Gasteiger partial charge on any atom is -0.440 e. The molecule has 2 atom stereocenters. The first-order valence-corrected chi connectivity index (χ1v) is 8.01. The van der Waals surface area contributed by atoms with E-state index in [4.69, 9.17) is 4.42 Å². The highest BCUT2D eigenvalue weighted by atomic mass is 16.3. The fraction of sp³-hybridized carbons (Fsp3) is 0.611. The second-order valence-corrected chi connectivity index (χ2v) is 7.69. The first-order valence-electron chi connectivity index (χ1n) is 8.01. The molecule has 3 nitrogen and oxygen atoms in total. The molecule has 1 saturated carbocycles. The largest absolute Gasteiger partial charge is 0.440 e. The van der Waals surface area contributed by atoms with Crippen molar-refractivity contribution in [1.82, 2.24) is 4.98 Å². The van der Waals surface area contributed by atoms with Crippen molar-refractivity contribution >= 4 is 16.8 Å². The standard InChI is InChI=1S/C18H26N2O/c1-11(2)17-20-14-8-13(6-7-16(14)21-17)19-15-10-18(4,5)9-12(15)3/h6-8,11-12,15,19H,9-10H2,1-5H3. The molecule has 1 aliphatic rings. The Morgan fingerprint density at radius 2 is 2.05 bits per heavy atom. The number of hydrogen-bond acceptors (Lipinski definition) is 3. The van der Waals surface area contributed by atoms with Crippen LogP contribution in [0.1, 0.15) is 59.3 Å². The first-order chi connectivity index (χ1) is 9.84. The van der Waals surface area contributed by atoms with Gasteiger partial charge in [0.15, 0.2) is 11.5 Å². The van der Waals surface area contributed by atoms with Crippen molar-refractivity contribution < 1.29 is 4.42 Å². The molecular formula is C18H26N2O. The average Bonchev–Trinajstić information content (AvgIpc) is 2.90. The van der Waals surface area contributed by atoms with Crippen LogP contribution in [0.15, 0.2) is 22.6 Å². The molecule has 1 N–H and O–H groups in total. The van der Waals surface area contributed by atoms with Crippen LogP contribution in [0.2, 0.25) is 0 Å². The highest BCUT2D eigenvalue weighted by molar-refractivity contribution is 5.77. The summed E-state index contributed by atoms with van der Waals surface area (Å²) in [5.74, 6) is 1.85. The van der Waals surface area contributed by atoms with Crippen LogP contribution in [0.4, 0.5) is 5.69 Å². The summed E-state index contributed by atoms with van der Waals surface area (Å²) >= 11 is 0. The van der Waals surface area contributed by atoms with Crippen molar-refractivity contribution in [3.05, 3.63) is 24.1 Å². The van der Waals surface area contributed by atoms with Gasteiger partial charge in [0.1, 0.15) is 5.52 Å². The van der Waals surface area contributed by atoms with E-state index >= 15 is 0 Å². The molecule has 0 spiro atoms. The third kappa shape index (κ3) is 2.92. The summed E-state index contributed by atoms with van der Waals surface area (Å²) in [6, 6.07) is 6.80. The molecule has 0 saturated heterocycles. The fourth-order valence-electron chi connectivity index (χ4n) is 3.58. The Hall–Kier alpha value is -1.51. The zero-order valence-electron chi connectivity index (χ0n) is 13.7. The molecule has 0 radical (unpaired) electrons. The zero-order valence-corrected chi connectivity index (χ0v) is 13.7. The SMILES string of the molecule is CC(C)c1nc2cc(NC3CC(C)(C)CC3C)ccc2o1.